The number of amides is 2. The Labute approximate surface area is 164 Å². The average molecular weight is 384 g/mol. The van der Waals surface area contributed by atoms with Crippen LogP contribution >= 0.6 is 0 Å². The molecular weight excluding hydrogens is 359 g/mol. The second kappa shape index (κ2) is 8.97. The Morgan fingerprint density at radius 2 is 1.96 bits per heavy atom. The number of ether oxygens (including phenoxy) is 1. The zero-order chi connectivity index (χ0) is 20.1. The number of hydrogen-bond acceptors (Lipinski definition) is 3. The highest BCUT2D eigenvalue weighted by Crippen LogP contribution is 2.19. The van der Waals surface area contributed by atoms with Gasteiger partial charge in [0, 0.05) is 18.8 Å². The molecule has 0 aliphatic carbocycles. The number of nitrogens with one attached hydrogen (secondary N) is 1. The summed E-state index contributed by atoms with van der Waals surface area (Å²) in [4.78, 5) is 26.9. The van der Waals surface area contributed by atoms with Crippen LogP contribution in [0.2, 0.25) is 0 Å². The zero-order valence-corrected chi connectivity index (χ0v) is 16.2. The summed E-state index contributed by atoms with van der Waals surface area (Å²) in [5, 5.41) is 2.86. The van der Waals surface area contributed by atoms with Gasteiger partial charge in [0.2, 0.25) is 5.91 Å². The Morgan fingerprint density at radius 3 is 2.68 bits per heavy atom. The number of carbonyl (C=O) groups is 2. The fourth-order valence-electron chi connectivity index (χ4n) is 3.31. The minimum Gasteiger partial charge on any atom is -0.376 e. The summed E-state index contributed by atoms with van der Waals surface area (Å²) >= 11 is 0. The van der Waals surface area contributed by atoms with Crippen molar-refractivity contribution < 1.29 is 18.7 Å². The molecule has 28 heavy (non-hydrogen) atoms. The minimum absolute atomic E-state index is 0.0416. The van der Waals surface area contributed by atoms with Crippen LogP contribution in [0.4, 0.5) is 10.1 Å². The largest absolute Gasteiger partial charge is 0.376 e. The molecule has 3 rings (SSSR count). The van der Waals surface area contributed by atoms with Crippen LogP contribution in [0.1, 0.15) is 34.3 Å². The lowest BCUT2D eigenvalue weighted by molar-refractivity contribution is -0.117. The normalized spacial score (nSPS) is 16.0. The van der Waals surface area contributed by atoms with Crippen LogP contribution in [0, 0.1) is 19.7 Å². The van der Waals surface area contributed by atoms with Crippen LogP contribution in [-0.4, -0.2) is 42.5 Å². The molecular formula is C22H25FN2O3. The number of hydrogen-bond donors (Lipinski definition) is 1. The number of anilines is 1. The Hall–Kier alpha value is -2.73. The van der Waals surface area contributed by atoms with E-state index in [0.29, 0.717) is 12.3 Å². The highest BCUT2D eigenvalue weighted by atomic mass is 19.1. The molecule has 0 aromatic heterocycles. The highest BCUT2D eigenvalue weighted by molar-refractivity contribution is 5.99. The molecule has 1 atom stereocenters. The van der Waals surface area contributed by atoms with E-state index in [4.69, 9.17) is 4.74 Å². The van der Waals surface area contributed by atoms with Crippen molar-refractivity contribution >= 4 is 17.5 Å². The van der Waals surface area contributed by atoms with Crippen molar-refractivity contribution in [1.29, 1.82) is 0 Å². The molecule has 2 amide bonds. The van der Waals surface area contributed by atoms with E-state index in [1.165, 1.54) is 23.1 Å². The monoisotopic (exact) mass is 384 g/mol. The van der Waals surface area contributed by atoms with Crippen molar-refractivity contribution in [1.82, 2.24) is 4.90 Å². The van der Waals surface area contributed by atoms with Gasteiger partial charge in [-0.15, -0.1) is 0 Å². The summed E-state index contributed by atoms with van der Waals surface area (Å²) in [6.07, 6.45) is 1.60. The third-order valence-electron chi connectivity index (χ3n) is 5.05. The van der Waals surface area contributed by atoms with Gasteiger partial charge in [0.05, 0.1) is 11.7 Å². The molecule has 1 heterocycles. The van der Waals surface area contributed by atoms with Crippen molar-refractivity contribution in [2.75, 3.05) is 25.0 Å². The molecule has 0 saturated carbocycles. The average Bonchev–Trinajstić information content (AvgIpc) is 3.18. The molecule has 1 fully saturated rings. The molecule has 1 N–H and O–H groups in total. The van der Waals surface area contributed by atoms with Gasteiger partial charge in [-0.05, 0) is 56.0 Å². The van der Waals surface area contributed by atoms with Gasteiger partial charge < -0.3 is 15.0 Å². The summed E-state index contributed by atoms with van der Waals surface area (Å²) in [5.74, 6) is -1.43. The maximum atomic E-state index is 14.1. The number of aryl methyl sites for hydroxylation is 1. The third-order valence-corrected chi connectivity index (χ3v) is 5.05. The van der Waals surface area contributed by atoms with E-state index >= 15 is 0 Å². The lowest BCUT2D eigenvalue weighted by Gasteiger charge is -2.25. The molecule has 0 radical (unpaired) electrons. The van der Waals surface area contributed by atoms with Gasteiger partial charge in [0.25, 0.3) is 5.91 Å². The van der Waals surface area contributed by atoms with E-state index in [9.17, 15) is 14.0 Å². The third kappa shape index (κ3) is 4.75. The first kappa shape index (κ1) is 20.0. The van der Waals surface area contributed by atoms with E-state index in [2.05, 4.69) is 5.32 Å². The van der Waals surface area contributed by atoms with Gasteiger partial charge >= 0.3 is 0 Å². The molecule has 5 nitrogen and oxygen atoms in total. The van der Waals surface area contributed by atoms with Gasteiger partial charge in [-0.3, -0.25) is 9.59 Å². The second-order valence-corrected chi connectivity index (χ2v) is 7.10. The van der Waals surface area contributed by atoms with E-state index < -0.39 is 11.7 Å². The van der Waals surface area contributed by atoms with Crippen LogP contribution < -0.4 is 5.32 Å². The van der Waals surface area contributed by atoms with Crippen molar-refractivity contribution in [3.05, 3.63) is 65.0 Å². The van der Waals surface area contributed by atoms with Crippen LogP contribution in [0.3, 0.4) is 0 Å². The summed E-state index contributed by atoms with van der Waals surface area (Å²) < 4.78 is 19.7. The Bertz CT molecular complexity index is 863. The predicted molar refractivity (Wildman–Crippen MR) is 106 cm³/mol. The van der Waals surface area contributed by atoms with Gasteiger partial charge in [-0.1, -0.05) is 24.3 Å². The molecule has 1 aliphatic heterocycles. The van der Waals surface area contributed by atoms with Crippen molar-refractivity contribution in [3.8, 4) is 0 Å². The van der Waals surface area contributed by atoms with E-state index in [1.807, 2.05) is 32.0 Å². The fraction of sp³-hybridized carbons (Fsp3) is 0.364. The Morgan fingerprint density at radius 1 is 1.18 bits per heavy atom. The van der Waals surface area contributed by atoms with Gasteiger partial charge in [0.15, 0.2) is 0 Å². The Balaban J connectivity index is 1.76. The van der Waals surface area contributed by atoms with E-state index in [1.54, 1.807) is 6.07 Å². The van der Waals surface area contributed by atoms with Crippen LogP contribution in [-0.2, 0) is 9.53 Å². The first-order valence-electron chi connectivity index (χ1n) is 9.47. The van der Waals surface area contributed by atoms with Gasteiger partial charge in [-0.2, -0.15) is 0 Å². The fourth-order valence-corrected chi connectivity index (χ4v) is 3.31. The molecule has 2 aromatic carbocycles. The molecule has 6 heteroatoms. The lowest BCUT2D eigenvalue weighted by atomic mass is 10.1. The second-order valence-electron chi connectivity index (χ2n) is 7.10. The van der Waals surface area contributed by atoms with Crippen LogP contribution in [0.5, 0.6) is 0 Å². The zero-order valence-electron chi connectivity index (χ0n) is 16.2. The maximum absolute atomic E-state index is 14.1. The SMILES string of the molecule is Cc1cccc(NC(=O)CN(CC2CCCO2)C(=O)c2ccccc2F)c1C. The lowest BCUT2D eigenvalue weighted by Crippen LogP contribution is -2.42. The number of nitrogens with zero attached hydrogens (tertiary/aromatic N) is 1. The maximum Gasteiger partial charge on any atom is 0.257 e. The number of carbonyl (C=O) groups excluding carboxylic acids is 2. The Kier molecular flexibility index (Phi) is 6.41. The van der Waals surface area contributed by atoms with Crippen molar-refractivity contribution in [2.45, 2.75) is 32.8 Å². The molecule has 2 aromatic rings. The molecule has 1 unspecified atom stereocenters. The first-order valence-corrected chi connectivity index (χ1v) is 9.47. The summed E-state index contributed by atoms with van der Waals surface area (Å²) in [6, 6.07) is 11.5. The molecule has 148 valence electrons. The minimum atomic E-state index is -0.597. The van der Waals surface area contributed by atoms with Gasteiger partial charge in [0.1, 0.15) is 12.4 Å². The topological polar surface area (TPSA) is 58.6 Å². The molecule has 0 bridgehead atoms. The quantitative estimate of drug-likeness (QED) is 0.826. The number of rotatable bonds is 6. The summed E-state index contributed by atoms with van der Waals surface area (Å²) in [7, 11) is 0. The van der Waals surface area contributed by atoms with Crippen molar-refractivity contribution in [3.63, 3.8) is 0 Å². The van der Waals surface area contributed by atoms with Crippen LogP contribution in [0.25, 0.3) is 0 Å². The standard InChI is InChI=1S/C22H25FN2O3/c1-15-7-5-11-20(16(15)2)24-21(26)14-25(13-17-8-6-12-28-17)22(27)18-9-3-4-10-19(18)23/h3-5,7,9-11,17H,6,8,12-14H2,1-2H3,(H,24,26). The van der Waals surface area contributed by atoms with Crippen LogP contribution in [0.15, 0.2) is 42.5 Å². The number of benzene rings is 2. The first-order chi connectivity index (χ1) is 13.5. The summed E-state index contributed by atoms with van der Waals surface area (Å²) in [5.41, 5.74) is 2.71. The van der Waals surface area contributed by atoms with Crippen molar-refractivity contribution in [2.24, 2.45) is 0 Å². The smallest absolute Gasteiger partial charge is 0.257 e. The highest BCUT2D eigenvalue weighted by Gasteiger charge is 2.26. The van der Waals surface area contributed by atoms with E-state index in [0.717, 1.165) is 24.0 Å². The number of halogens is 1. The summed E-state index contributed by atoms with van der Waals surface area (Å²) in [6.45, 7) is 4.63. The molecule has 0 spiro atoms. The van der Waals surface area contributed by atoms with E-state index in [-0.39, 0.29) is 30.7 Å². The van der Waals surface area contributed by atoms with Gasteiger partial charge in [-0.25, -0.2) is 4.39 Å². The predicted octanol–water partition coefficient (Wildman–Crippen LogP) is 3.70. The molecule has 1 aliphatic rings. The molecule has 1 saturated heterocycles.